The summed E-state index contributed by atoms with van der Waals surface area (Å²) in [5.41, 5.74) is 3.04. The SMILES string of the molecule is COc1cc2c(cc1Nc1cc(Nc3ncccn3)ncn1)C=NC2. The lowest BCUT2D eigenvalue weighted by Gasteiger charge is -2.13. The zero-order valence-corrected chi connectivity index (χ0v) is 13.5. The molecule has 0 spiro atoms. The van der Waals surface area contributed by atoms with E-state index in [2.05, 4.69) is 35.6 Å². The van der Waals surface area contributed by atoms with E-state index in [0.717, 1.165) is 22.6 Å². The molecule has 0 saturated heterocycles. The van der Waals surface area contributed by atoms with Crippen LogP contribution in [0.5, 0.6) is 5.75 Å². The van der Waals surface area contributed by atoms with Crippen molar-refractivity contribution in [2.75, 3.05) is 17.7 Å². The fourth-order valence-electron chi connectivity index (χ4n) is 2.51. The summed E-state index contributed by atoms with van der Waals surface area (Å²) in [5.74, 6) is 2.43. The molecule has 0 fully saturated rings. The molecular weight excluding hydrogens is 318 g/mol. The molecule has 8 heteroatoms. The van der Waals surface area contributed by atoms with Gasteiger partial charge in [-0.2, -0.15) is 0 Å². The summed E-state index contributed by atoms with van der Waals surface area (Å²) < 4.78 is 5.47. The maximum Gasteiger partial charge on any atom is 0.228 e. The summed E-state index contributed by atoms with van der Waals surface area (Å²) in [6.07, 6.45) is 6.65. The first-order valence-electron chi connectivity index (χ1n) is 7.65. The van der Waals surface area contributed by atoms with Crippen LogP contribution in [-0.2, 0) is 6.54 Å². The lowest BCUT2D eigenvalue weighted by atomic mass is 10.1. The summed E-state index contributed by atoms with van der Waals surface area (Å²) in [4.78, 5) is 20.9. The Labute approximate surface area is 144 Å². The number of benzene rings is 1. The molecule has 4 rings (SSSR count). The molecule has 124 valence electrons. The highest BCUT2D eigenvalue weighted by atomic mass is 16.5. The number of aliphatic imine (C=N–C) groups is 1. The second-order valence-corrected chi connectivity index (χ2v) is 5.33. The number of hydrogen-bond donors (Lipinski definition) is 2. The first kappa shape index (κ1) is 15.0. The van der Waals surface area contributed by atoms with E-state index in [-0.39, 0.29) is 0 Å². The van der Waals surface area contributed by atoms with Crippen LogP contribution in [0.15, 0.2) is 48.0 Å². The van der Waals surface area contributed by atoms with Crippen molar-refractivity contribution >= 4 is 29.5 Å². The largest absolute Gasteiger partial charge is 0.495 e. The molecule has 8 nitrogen and oxygen atoms in total. The molecule has 0 radical (unpaired) electrons. The number of fused-ring (bicyclic) bond motifs is 1. The van der Waals surface area contributed by atoms with Gasteiger partial charge < -0.3 is 15.4 Å². The van der Waals surface area contributed by atoms with Gasteiger partial charge in [0.25, 0.3) is 0 Å². The lowest BCUT2D eigenvalue weighted by molar-refractivity contribution is 0.416. The second kappa shape index (κ2) is 6.52. The first-order valence-corrected chi connectivity index (χ1v) is 7.65. The predicted octanol–water partition coefficient (Wildman–Crippen LogP) is 2.69. The van der Waals surface area contributed by atoms with Gasteiger partial charge in [-0.15, -0.1) is 0 Å². The standard InChI is InChI=1S/C17H15N7O/c1-25-14-6-12-9-18-8-11(12)5-13(14)23-15-7-16(22-10-21-15)24-17-19-3-2-4-20-17/h2-8,10H,9H2,1H3,(H2,19,20,21,22,23,24). The molecule has 0 amide bonds. The predicted molar refractivity (Wildman–Crippen MR) is 94.9 cm³/mol. The number of anilines is 4. The Bertz CT molecular complexity index is 928. The molecular formula is C17H15N7O. The van der Waals surface area contributed by atoms with Crippen LogP contribution >= 0.6 is 0 Å². The summed E-state index contributed by atoms with van der Waals surface area (Å²) >= 11 is 0. The van der Waals surface area contributed by atoms with E-state index in [0.29, 0.717) is 24.1 Å². The van der Waals surface area contributed by atoms with E-state index in [9.17, 15) is 0 Å². The van der Waals surface area contributed by atoms with Gasteiger partial charge in [-0.05, 0) is 29.3 Å². The fraction of sp³-hybridized carbons (Fsp3) is 0.118. The lowest BCUT2D eigenvalue weighted by Crippen LogP contribution is -2.02. The molecule has 2 aromatic heterocycles. The Hall–Kier alpha value is -3.55. The van der Waals surface area contributed by atoms with Gasteiger partial charge in [0.2, 0.25) is 5.95 Å². The normalized spacial score (nSPS) is 11.9. The zero-order chi connectivity index (χ0) is 17.1. The van der Waals surface area contributed by atoms with Crippen LogP contribution in [0.3, 0.4) is 0 Å². The zero-order valence-electron chi connectivity index (χ0n) is 13.5. The van der Waals surface area contributed by atoms with E-state index in [1.54, 1.807) is 31.6 Å². The van der Waals surface area contributed by atoms with Crippen molar-refractivity contribution in [3.05, 3.63) is 54.1 Å². The van der Waals surface area contributed by atoms with Gasteiger partial charge in [-0.3, -0.25) is 4.99 Å². The quantitative estimate of drug-likeness (QED) is 0.741. The summed E-state index contributed by atoms with van der Waals surface area (Å²) in [5, 5.41) is 6.30. The van der Waals surface area contributed by atoms with Crippen LogP contribution in [0.4, 0.5) is 23.3 Å². The fourth-order valence-corrected chi connectivity index (χ4v) is 2.51. The van der Waals surface area contributed by atoms with Crippen molar-refractivity contribution in [2.24, 2.45) is 4.99 Å². The number of aromatic nitrogens is 4. The van der Waals surface area contributed by atoms with Crippen LogP contribution < -0.4 is 15.4 Å². The number of rotatable bonds is 5. The molecule has 25 heavy (non-hydrogen) atoms. The maximum absolute atomic E-state index is 5.47. The minimum atomic E-state index is 0.471. The highest BCUT2D eigenvalue weighted by molar-refractivity contribution is 5.88. The molecule has 0 saturated carbocycles. The van der Waals surface area contributed by atoms with Crippen LogP contribution in [0.25, 0.3) is 0 Å². The van der Waals surface area contributed by atoms with E-state index < -0.39 is 0 Å². The molecule has 0 bridgehead atoms. The van der Waals surface area contributed by atoms with E-state index in [1.807, 2.05) is 18.3 Å². The van der Waals surface area contributed by atoms with Gasteiger partial charge in [-0.1, -0.05) is 0 Å². The maximum atomic E-state index is 5.47. The number of methoxy groups -OCH3 is 1. The molecule has 3 heterocycles. The number of nitrogens with zero attached hydrogens (tertiary/aromatic N) is 5. The Kier molecular flexibility index (Phi) is 3.91. The molecule has 0 unspecified atom stereocenters. The van der Waals surface area contributed by atoms with Gasteiger partial charge in [0.05, 0.1) is 19.3 Å². The van der Waals surface area contributed by atoms with E-state index >= 15 is 0 Å². The minimum absolute atomic E-state index is 0.471. The Morgan fingerprint density at radius 2 is 1.76 bits per heavy atom. The number of hydrogen-bond acceptors (Lipinski definition) is 8. The highest BCUT2D eigenvalue weighted by Gasteiger charge is 2.13. The van der Waals surface area contributed by atoms with Crippen molar-refractivity contribution in [1.82, 2.24) is 19.9 Å². The number of ether oxygens (including phenoxy) is 1. The van der Waals surface area contributed by atoms with Crippen LogP contribution in [0.2, 0.25) is 0 Å². The van der Waals surface area contributed by atoms with Gasteiger partial charge in [-0.25, -0.2) is 19.9 Å². The van der Waals surface area contributed by atoms with Crippen molar-refractivity contribution in [2.45, 2.75) is 6.54 Å². The van der Waals surface area contributed by atoms with Crippen molar-refractivity contribution in [1.29, 1.82) is 0 Å². The highest BCUT2D eigenvalue weighted by Crippen LogP contribution is 2.32. The van der Waals surface area contributed by atoms with Gasteiger partial charge in [0, 0.05) is 24.7 Å². The average Bonchev–Trinajstić information content (AvgIpc) is 3.09. The minimum Gasteiger partial charge on any atom is -0.495 e. The van der Waals surface area contributed by atoms with Crippen LogP contribution in [0.1, 0.15) is 11.1 Å². The Morgan fingerprint density at radius 1 is 0.960 bits per heavy atom. The molecule has 0 aliphatic carbocycles. The Morgan fingerprint density at radius 3 is 2.56 bits per heavy atom. The molecule has 2 N–H and O–H groups in total. The van der Waals surface area contributed by atoms with E-state index in [1.165, 1.54) is 6.33 Å². The third-order valence-corrected chi connectivity index (χ3v) is 3.69. The van der Waals surface area contributed by atoms with E-state index in [4.69, 9.17) is 4.74 Å². The molecule has 1 aliphatic rings. The van der Waals surface area contributed by atoms with Gasteiger partial charge in [0.15, 0.2) is 0 Å². The molecule has 3 aromatic rings. The van der Waals surface area contributed by atoms with Crippen molar-refractivity contribution in [3.63, 3.8) is 0 Å². The summed E-state index contributed by atoms with van der Waals surface area (Å²) in [6, 6.07) is 7.52. The van der Waals surface area contributed by atoms with Crippen LogP contribution in [0, 0.1) is 0 Å². The molecule has 1 aromatic carbocycles. The van der Waals surface area contributed by atoms with Crippen LogP contribution in [-0.4, -0.2) is 33.3 Å². The first-order chi connectivity index (χ1) is 12.3. The number of nitrogens with one attached hydrogen (secondary N) is 2. The van der Waals surface area contributed by atoms with Gasteiger partial charge in [0.1, 0.15) is 23.7 Å². The third-order valence-electron chi connectivity index (χ3n) is 3.69. The van der Waals surface area contributed by atoms with Crippen molar-refractivity contribution in [3.8, 4) is 5.75 Å². The van der Waals surface area contributed by atoms with Crippen molar-refractivity contribution < 1.29 is 4.74 Å². The summed E-state index contributed by atoms with van der Waals surface area (Å²) in [6.45, 7) is 0.685. The second-order valence-electron chi connectivity index (χ2n) is 5.33. The molecule has 1 aliphatic heterocycles. The van der Waals surface area contributed by atoms with Gasteiger partial charge >= 0.3 is 0 Å². The summed E-state index contributed by atoms with van der Waals surface area (Å²) in [7, 11) is 1.64. The Balaban J connectivity index is 1.59. The topological polar surface area (TPSA) is 97.2 Å². The smallest absolute Gasteiger partial charge is 0.228 e. The molecule has 0 atom stereocenters. The third kappa shape index (κ3) is 3.23. The monoisotopic (exact) mass is 333 g/mol. The average molecular weight is 333 g/mol.